The molecule has 2 aliphatic rings. The van der Waals surface area contributed by atoms with Gasteiger partial charge in [-0.25, -0.2) is 0 Å². The number of ether oxygens (including phenoxy) is 1. The quantitative estimate of drug-likeness (QED) is 0.869. The van der Waals surface area contributed by atoms with Crippen LogP contribution in [0, 0.1) is 12.8 Å². The van der Waals surface area contributed by atoms with Crippen LogP contribution in [0.25, 0.3) is 0 Å². The maximum Gasteiger partial charge on any atom is 0.0777 e. The van der Waals surface area contributed by atoms with Crippen molar-refractivity contribution in [3.8, 4) is 0 Å². The molecule has 0 amide bonds. The third-order valence-electron chi connectivity index (χ3n) is 4.41. The zero-order valence-corrected chi connectivity index (χ0v) is 11.4. The van der Waals surface area contributed by atoms with Crippen LogP contribution in [-0.2, 0) is 4.74 Å². The molecule has 0 radical (unpaired) electrons. The fourth-order valence-electron chi connectivity index (χ4n) is 3.35. The number of nitrogens with zero attached hydrogens (tertiary/aromatic N) is 2. The molecule has 3 heterocycles. The summed E-state index contributed by atoms with van der Waals surface area (Å²) in [5.74, 6) is 1.34. The monoisotopic (exact) mass is 249 g/mol. The maximum atomic E-state index is 5.52. The lowest BCUT2D eigenvalue weighted by molar-refractivity contribution is 0.182. The van der Waals surface area contributed by atoms with E-state index in [2.05, 4.69) is 28.9 Å². The summed E-state index contributed by atoms with van der Waals surface area (Å²) in [5, 5.41) is 8.10. The molecule has 1 N–H and O–H groups in total. The third kappa shape index (κ3) is 2.08. The Morgan fingerprint density at radius 3 is 3.06 bits per heavy atom. The van der Waals surface area contributed by atoms with Gasteiger partial charge in [-0.3, -0.25) is 4.68 Å². The van der Waals surface area contributed by atoms with E-state index in [0.717, 1.165) is 32.7 Å². The van der Waals surface area contributed by atoms with Crippen molar-refractivity contribution in [1.82, 2.24) is 15.1 Å². The van der Waals surface area contributed by atoms with Gasteiger partial charge in [0.15, 0.2) is 0 Å². The predicted octanol–water partition coefficient (Wildman–Crippen LogP) is 1.87. The Hall–Kier alpha value is -0.870. The molecule has 0 spiro atoms. The molecule has 0 unspecified atom stereocenters. The van der Waals surface area contributed by atoms with E-state index < -0.39 is 0 Å². The standard InChI is InChI=1S/C14H23N3O/c1-10-7-15-5-3-13(10)14-11(2)8-16-17(14)12-4-6-18-9-12/h8,10,12-13,15H,3-7,9H2,1-2H3/t10-,12+,13-/m1/s1. The molecule has 4 heteroatoms. The Morgan fingerprint density at radius 1 is 1.44 bits per heavy atom. The van der Waals surface area contributed by atoms with Crippen molar-refractivity contribution in [2.75, 3.05) is 26.3 Å². The van der Waals surface area contributed by atoms with Crippen LogP contribution >= 0.6 is 0 Å². The van der Waals surface area contributed by atoms with Gasteiger partial charge < -0.3 is 10.1 Å². The van der Waals surface area contributed by atoms with Crippen LogP contribution in [0.1, 0.15) is 43.0 Å². The summed E-state index contributed by atoms with van der Waals surface area (Å²) in [6, 6.07) is 0.454. The predicted molar refractivity (Wildman–Crippen MR) is 70.8 cm³/mol. The highest BCUT2D eigenvalue weighted by Gasteiger charge is 2.30. The van der Waals surface area contributed by atoms with Gasteiger partial charge in [-0.15, -0.1) is 0 Å². The summed E-state index contributed by atoms with van der Waals surface area (Å²) >= 11 is 0. The zero-order valence-electron chi connectivity index (χ0n) is 11.4. The second-order valence-electron chi connectivity index (χ2n) is 5.75. The molecule has 2 fully saturated rings. The topological polar surface area (TPSA) is 39.1 Å². The largest absolute Gasteiger partial charge is 0.379 e. The minimum absolute atomic E-state index is 0.454. The van der Waals surface area contributed by atoms with Crippen LogP contribution < -0.4 is 5.32 Å². The first-order valence-electron chi connectivity index (χ1n) is 7.10. The molecule has 0 aromatic carbocycles. The van der Waals surface area contributed by atoms with E-state index in [-0.39, 0.29) is 0 Å². The van der Waals surface area contributed by atoms with E-state index >= 15 is 0 Å². The average Bonchev–Trinajstić information content (AvgIpc) is 2.99. The summed E-state index contributed by atoms with van der Waals surface area (Å²) in [7, 11) is 0. The second kappa shape index (κ2) is 5.02. The average molecular weight is 249 g/mol. The first kappa shape index (κ1) is 12.2. The Balaban J connectivity index is 1.91. The van der Waals surface area contributed by atoms with Crippen molar-refractivity contribution in [3.63, 3.8) is 0 Å². The molecule has 1 aromatic heterocycles. The molecule has 3 rings (SSSR count). The lowest BCUT2D eigenvalue weighted by Gasteiger charge is -2.31. The van der Waals surface area contributed by atoms with Crippen LogP contribution in [0.5, 0.6) is 0 Å². The molecular weight excluding hydrogens is 226 g/mol. The molecule has 2 aliphatic heterocycles. The molecular formula is C14H23N3O. The van der Waals surface area contributed by atoms with Gasteiger partial charge in [0.05, 0.1) is 18.8 Å². The first-order chi connectivity index (χ1) is 8.77. The number of rotatable bonds is 2. The number of piperidine rings is 1. The van der Waals surface area contributed by atoms with Crippen LogP contribution in [0.4, 0.5) is 0 Å². The van der Waals surface area contributed by atoms with Gasteiger partial charge in [0.25, 0.3) is 0 Å². The van der Waals surface area contributed by atoms with Crippen molar-refractivity contribution in [2.45, 2.75) is 38.6 Å². The molecule has 0 bridgehead atoms. The Kier molecular flexibility index (Phi) is 3.39. The van der Waals surface area contributed by atoms with E-state index in [1.807, 2.05) is 6.20 Å². The van der Waals surface area contributed by atoms with Crippen LogP contribution in [0.15, 0.2) is 6.20 Å². The first-order valence-corrected chi connectivity index (χ1v) is 7.10. The van der Waals surface area contributed by atoms with Gasteiger partial charge in [0.2, 0.25) is 0 Å². The minimum atomic E-state index is 0.454. The van der Waals surface area contributed by atoms with Crippen molar-refractivity contribution >= 4 is 0 Å². The third-order valence-corrected chi connectivity index (χ3v) is 4.41. The van der Waals surface area contributed by atoms with Gasteiger partial charge in [0.1, 0.15) is 0 Å². The lowest BCUT2D eigenvalue weighted by atomic mass is 9.84. The Bertz CT molecular complexity index is 409. The van der Waals surface area contributed by atoms with E-state index in [0.29, 0.717) is 17.9 Å². The molecule has 0 aliphatic carbocycles. The van der Waals surface area contributed by atoms with Gasteiger partial charge >= 0.3 is 0 Å². The molecule has 18 heavy (non-hydrogen) atoms. The number of aromatic nitrogens is 2. The second-order valence-corrected chi connectivity index (χ2v) is 5.75. The smallest absolute Gasteiger partial charge is 0.0777 e. The molecule has 0 saturated carbocycles. The highest BCUT2D eigenvalue weighted by molar-refractivity contribution is 5.22. The van der Waals surface area contributed by atoms with Crippen molar-refractivity contribution in [2.24, 2.45) is 5.92 Å². The maximum absolute atomic E-state index is 5.52. The number of nitrogens with one attached hydrogen (secondary N) is 1. The van der Waals surface area contributed by atoms with Crippen molar-refractivity contribution < 1.29 is 4.74 Å². The van der Waals surface area contributed by atoms with E-state index in [1.165, 1.54) is 17.7 Å². The van der Waals surface area contributed by atoms with Gasteiger partial charge in [-0.2, -0.15) is 5.10 Å². The molecule has 4 nitrogen and oxygen atoms in total. The number of hydrogen-bond donors (Lipinski definition) is 1. The lowest BCUT2D eigenvalue weighted by Crippen LogP contribution is -2.35. The fourth-order valence-corrected chi connectivity index (χ4v) is 3.35. The summed E-state index contributed by atoms with van der Waals surface area (Å²) < 4.78 is 7.78. The van der Waals surface area contributed by atoms with Gasteiger partial charge in [0, 0.05) is 18.2 Å². The molecule has 2 saturated heterocycles. The van der Waals surface area contributed by atoms with Crippen LogP contribution in [0.3, 0.4) is 0 Å². The zero-order chi connectivity index (χ0) is 12.5. The number of hydrogen-bond acceptors (Lipinski definition) is 3. The number of aryl methyl sites for hydroxylation is 1. The molecule has 1 aromatic rings. The fraction of sp³-hybridized carbons (Fsp3) is 0.786. The highest BCUT2D eigenvalue weighted by Crippen LogP contribution is 2.34. The van der Waals surface area contributed by atoms with Crippen molar-refractivity contribution in [1.29, 1.82) is 0 Å². The van der Waals surface area contributed by atoms with Crippen LogP contribution in [-0.4, -0.2) is 36.1 Å². The molecule has 100 valence electrons. The Labute approximate surface area is 109 Å². The molecule has 3 atom stereocenters. The summed E-state index contributed by atoms with van der Waals surface area (Å²) in [6.07, 6.45) is 4.36. The normalized spacial score (nSPS) is 32.9. The van der Waals surface area contributed by atoms with E-state index in [4.69, 9.17) is 4.74 Å². The SMILES string of the molecule is Cc1cnn([C@H]2CCOC2)c1[C@@H]1CCNC[C@H]1C. The Morgan fingerprint density at radius 2 is 2.33 bits per heavy atom. The van der Waals surface area contributed by atoms with Gasteiger partial charge in [-0.1, -0.05) is 6.92 Å². The van der Waals surface area contributed by atoms with E-state index in [9.17, 15) is 0 Å². The van der Waals surface area contributed by atoms with Crippen molar-refractivity contribution in [3.05, 3.63) is 17.5 Å². The van der Waals surface area contributed by atoms with Crippen LogP contribution in [0.2, 0.25) is 0 Å². The highest BCUT2D eigenvalue weighted by atomic mass is 16.5. The van der Waals surface area contributed by atoms with E-state index in [1.54, 1.807) is 0 Å². The summed E-state index contributed by atoms with van der Waals surface area (Å²) in [4.78, 5) is 0. The summed E-state index contributed by atoms with van der Waals surface area (Å²) in [5.41, 5.74) is 2.81. The van der Waals surface area contributed by atoms with Gasteiger partial charge in [-0.05, 0) is 44.3 Å². The summed E-state index contributed by atoms with van der Waals surface area (Å²) in [6.45, 7) is 8.50. The minimum Gasteiger partial charge on any atom is -0.379 e.